The van der Waals surface area contributed by atoms with Crippen LogP contribution in [0.3, 0.4) is 0 Å². The fourth-order valence-electron chi connectivity index (χ4n) is 3.81. The maximum absolute atomic E-state index is 15.3. The molecule has 0 saturated heterocycles. The van der Waals surface area contributed by atoms with Gasteiger partial charge in [0, 0.05) is 27.7 Å². The summed E-state index contributed by atoms with van der Waals surface area (Å²) in [6, 6.07) is 5.47. The monoisotopic (exact) mass is 576 g/mol. The predicted octanol–water partition coefficient (Wildman–Crippen LogP) is 6.04. The van der Waals surface area contributed by atoms with Crippen molar-refractivity contribution in [2.24, 2.45) is 0 Å². The molecule has 0 radical (unpaired) electrons. The van der Waals surface area contributed by atoms with Crippen LogP contribution in [0.5, 0.6) is 0 Å². The Morgan fingerprint density at radius 2 is 2.00 bits per heavy atom. The molecule has 3 aromatic rings. The smallest absolute Gasteiger partial charge is 0.329 e. The third kappa shape index (κ3) is 5.83. The molecule has 0 saturated carbocycles. The Balaban J connectivity index is 1.50. The number of urea groups is 1. The second-order valence-corrected chi connectivity index (χ2v) is 12.4. The Hall–Kier alpha value is -2.11. The van der Waals surface area contributed by atoms with Crippen LogP contribution in [-0.2, 0) is 22.9 Å². The van der Waals surface area contributed by atoms with Crippen molar-refractivity contribution in [1.29, 1.82) is 0 Å². The van der Waals surface area contributed by atoms with Crippen LogP contribution in [0.1, 0.15) is 40.9 Å². The molecule has 0 fully saturated rings. The molecule has 0 atom stereocenters. The van der Waals surface area contributed by atoms with Gasteiger partial charge in [-0.2, -0.15) is 5.10 Å². The number of sulfonamides is 1. The van der Waals surface area contributed by atoms with Gasteiger partial charge in [-0.25, -0.2) is 22.3 Å². The van der Waals surface area contributed by atoms with Gasteiger partial charge in [0.15, 0.2) is 0 Å². The number of hydrogen-bond acceptors (Lipinski definition) is 5. The number of aromatic nitrogens is 2. The van der Waals surface area contributed by atoms with Gasteiger partial charge in [0.25, 0.3) is 10.0 Å². The third-order valence-corrected chi connectivity index (χ3v) is 9.45. The number of aromatic amines is 1. The first-order valence-corrected chi connectivity index (χ1v) is 13.9. The van der Waals surface area contributed by atoms with Gasteiger partial charge in [-0.15, -0.1) is 11.3 Å². The Bertz CT molecular complexity index is 1410. The van der Waals surface area contributed by atoms with Gasteiger partial charge in [-0.05, 0) is 61.1 Å². The molecular weight excluding hydrogens is 558 g/mol. The molecular formula is C22H20Cl3FN4O3S2. The summed E-state index contributed by atoms with van der Waals surface area (Å²) in [6.07, 6.45) is 2.24. The van der Waals surface area contributed by atoms with Crippen molar-refractivity contribution in [1.82, 2.24) is 20.2 Å². The Kier molecular flexibility index (Phi) is 7.77. The van der Waals surface area contributed by atoms with Crippen LogP contribution in [0.2, 0.25) is 14.4 Å². The van der Waals surface area contributed by atoms with Crippen molar-refractivity contribution in [3.8, 4) is 0 Å². The van der Waals surface area contributed by atoms with Gasteiger partial charge in [0.1, 0.15) is 10.0 Å². The van der Waals surface area contributed by atoms with Gasteiger partial charge in [-0.3, -0.25) is 5.10 Å². The van der Waals surface area contributed by atoms with Gasteiger partial charge >= 0.3 is 6.03 Å². The zero-order chi connectivity index (χ0) is 25.3. The van der Waals surface area contributed by atoms with Crippen LogP contribution in [0, 0.1) is 6.92 Å². The molecule has 2 amide bonds. The molecule has 1 aromatic carbocycles. The first-order chi connectivity index (χ1) is 16.5. The van der Waals surface area contributed by atoms with Gasteiger partial charge in [0.05, 0.1) is 16.6 Å². The zero-order valence-electron chi connectivity index (χ0n) is 18.3. The van der Waals surface area contributed by atoms with Crippen molar-refractivity contribution in [3.05, 3.63) is 72.6 Å². The minimum absolute atomic E-state index is 0.102. The highest BCUT2D eigenvalue weighted by Crippen LogP contribution is 2.36. The summed E-state index contributed by atoms with van der Waals surface area (Å²) in [5, 5.41) is 10.6. The quantitative estimate of drug-likeness (QED) is 0.332. The summed E-state index contributed by atoms with van der Waals surface area (Å²) in [4.78, 5) is 12.2. The molecule has 4 rings (SSSR count). The Morgan fingerprint density at radius 3 is 2.69 bits per heavy atom. The average Bonchev–Trinajstić information content (AvgIpc) is 3.37. The van der Waals surface area contributed by atoms with Crippen LogP contribution in [0.25, 0.3) is 5.57 Å². The van der Waals surface area contributed by atoms with E-state index in [1.54, 1.807) is 25.1 Å². The van der Waals surface area contributed by atoms with Crippen LogP contribution < -0.4 is 10.0 Å². The number of benzene rings is 1. The highest BCUT2D eigenvalue weighted by molar-refractivity contribution is 7.92. The van der Waals surface area contributed by atoms with Gasteiger partial charge in [0.2, 0.25) is 0 Å². The largest absolute Gasteiger partial charge is 0.331 e. The fourth-order valence-corrected chi connectivity index (χ4v) is 6.92. The number of aryl methyl sites for hydroxylation is 2. The molecule has 2 aromatic heterocycles. The molecule has 1 aliphatic rings. The molecule has 7 nitrogen and oxygen atoms in total. The number of allylic oxidation sites excluding steroid dienone is 1. The normalized spacial score (nSPS) is 15.0. The van der Waals surface area contributed by atoms with E-state index in [1.807, 2.05) is 4.72 Å². The van der Waals surface area contributed by atoms with E-state index >= 15 is 4.39 Å². The second kappa shape index (κ2) is 10.5. The standard InChI is InChI=1S/C22H20Cl3FN4O3S2/c1-11-7-19(34-21(11)25)35(32,33)30-22(31)27-10-16(26)14-3-2-4-17-20(14)18(29-28-17)8-12-5-6-13(23)9-15(12)24/h5-7,9H,2-4,8,10H2,1H3,(H,28,29)(H2,27,30,31)/b16-14-. The van der Waals surface area contributed by atoms with E-state index in [2.05, 4.69) is 15.5 Å². The minimum Gasteiger partial charge on any atom is -0.331 e. The molecule has 13 heteroatoms. The lowest BCUT2D eigenvalue weighted by Gasteiger charge is -2.18. The highest BCUT2D eigenvalue weighted by atomic mass is 35.5. The first kappa shape index (κ1) is 26.0. The Labute approximate surface area is 220 Å². The molecule has 1 aliphatic carbocycles. The summed E-state index contributed by atoms with van der Waals surface area (Å²) in [5.74, 6) is -0.571. The van der Waals surface area contributed by atoms with Crippen LogP contribution in [-0.4, -0.2) is 31.2 Å². The first-order valence-electron chi connectivity index (χ1n) is 10.5. The Morgan fingerprint density at radius 1 is 1.23 bits per heavy atom. The number of nitrogens with zero attached hydrogens (tertiary/aromatic N) is 1. The summed E-state index contributed by atoms with van der Waals surface area (Å²) < 4.78 is 42.1. The fraction of sp³-hybridized carbons (Fsp3) is 0.273. The van der Waals surface area contributed by atoms with E-state index in [1.165, 1.54) is 6.07 Å². The molecule has 186 valence electrons. The van der Waals surface area contributed by atoms with E-state index in [4.69, 9.17) is 34.8 Å². The van der Waals surface area contributed by atoms with Crippen molar-refractivity contribution in [2.45, 2.75) is 36.8 Å². The number of carbonyl (C=O) groups excluding carboxylic acids is 1. The lowest BCUT2D eigenvalue weighted by Crippen LogP contribution is -2.39. The van der Waals surface area contributed by atoms with E-state index in [9.17, 15) is 13.2 Å². The molecule has 2 heterocycles. The molecule has 35 heavy (non-hydrogen) atoms. The number of carbonyl (C=O) groups is 1. The van der Waals surface area contributed by atoms with Crippen molar-refractivity contribution >= 4 is 67.8 Å². The number of halogens is 4. The van der Waals surface area contributed by atoms with Crippen LogP contribution in [0.4, 0.5) is 9.18 Å². The topological polar surface area (TPSA) is 104 Å². The molecule has 0 spiro atoms. The number of fused-ring (bicyclic) bond motifs is 1. The molecule has 0 aliphatic heterocycles. The minimum atomic E-state index is -4.13. The molecule has 3 N–H and O–H groups in total. The molecule has 0 bridgehead atoms. The SMILES string of the molecule is Cc1cc(S(=O)(=O)NC(=O)NC/C(F)=C2\CCCc3[nH]nc(Cc4ccc(Cl)cc4Cl)c32)sc1Cl. The van der Waals surface area contributed by atoms with Crippen molar-refractivity contribution in [3.63, 3.8) is 0 Å². The lowest BCUT2D eigenvalue weighted by molar-refractivity contribution is 0.246. The second-order valence-electron chi connectivity index (χ2n) is 7.98. The van der Waals surface area contributed by atoms with E-state index in [0.717, 1.165) is 22.6 Å². The number of thiophene rings is 1. The van der Waals surface area contributed by atoms with Crippen molar-refractivity contribution < 1.29 is 17.6 Å². The highest BCUT2D eigenvalue weighted by Gasteiger charge is 2.26. The summed E-state index contributed by atoms with van der Waals surface area (Å²) in [5.41, 5.74) is 3.89. The summed E-state index contributed by atoms with van der Waals surface area (Å²) >= 11 is 19.0. The van der Waals surface area contributed by atoms with Crippen molar-refractivity contribution in [2.75, 3.05) is 6.54 Å². The van der Waals surface area contributed by atoms with E-state index in [0.29, 0.717) is 62.5 Å². The number of H-pyrrole nitrogens is 1. The maximum Gasteiger partial charge on any atom is 0.329 e. The van der Waals surface area contributed by atoms with E-state index in [-0.39, 0.29) is 4.21 Å². The predicted molar refractivity (Wildman–Crippen MR) is 137 cm³/mol. The third-order valence-electron chi connectivity index (χ3n) is 5.50. The summed E-state index contributed by atoms with van der Waals surface area (Å²) in [7, 11) is -4.13. The molecule has 0 unspecified atom stereocenters. The van der Waals surface area contributed by atoms with E-state index < -0.39 is 28.4 Å². The average molecular weight is 578 g/mol. The summed E-state index contributed by atoms with van der Waals surface area (Å²) in [6.45, 7) is 1.18. The van der Waals surface area contributed by atoms with Crippen LogP contribution in [0.15, 0.2) is 34.3 Å². The van der Waals surface area contributed by atoms with Gasteiger partial charge < -0.3 is 5.32 Å². The van der Waals surface area contributed by atoms with Gasteiger partial charge in [-0.1, -0.05) is 40.9 Å². The van der Waals surface area contributed by atoms with Crippen LogP contribution >= 0.6 is 46.1 Å². The number of rotatable bonds is 6. The number of hydrogen-bond donors (Lipinski definition) is 3. The number of nitrogens with one attached hydrogen (secondary N) is 3. The zero-order valence-corrected chi connectivity index (χ0v) is 22.2. The number of amides is 2. The lowest BCUT2D eigenvalue weighted by atomic mass is 9.88. The maximum atomic E-state index is 15.3.